The zero-order chi connectivity index (χ0) is 8.27. The van der Waals surface area contributed by atoms with Crippen LogP contribution in [0.3, 0.4) is 0 Å². The molecule has 0 saturated carbocycles. The summed E-state index contributed by atoms with van der Waals surface area (Å²) in [6.07, 6.45) is 0.932. The number of hydrogen-bond donors (Lipinski definition) is 2. The van der Waals surface area contributed by atoms with Crippen molar-refractivity contribution in [2.24, 2.45) is 0 Å². The molecule has 0 aliphatic heterocycles. The van der Waals surface area contributed by atoms with Crippen molar-refractivity contribution in [3.63, 3.8) is 0 Å². The minimum atomic E-state index is -2.72. The van der Waals surface area contributed by atoms with E-state index < -0.39 is 16.7 Å². The summed E-state index contributed by atoms with van der Waals surface area (Å²) in [4.78, 5) is 3.45. The molecule has 1 N–H and O–H groups in total. The highest BCUT2D eigenvalue weighted by Gasteiger charge is 1.92. The number of aromatic nitrogens is 1. The van der Waals surface area contributed by atoms with Gasteiger partial charge in [-0.1, -0.05) is 0 Å². The minimum absolute atomic E-state index is 0.113. The fourth-order valence-corrected chi connectivity index (χ4v) is 0.855. The van der Waals surface area contributed by atoms with Crippen molar-refractivity contribution >= 4 is 16.7 Å². The second kappa shape index (κ2) is 3.29. The normalized spacial score (nSPS) is 10.0. The predicted molar refractivity (Wildman–Crippen MR) is 38.1 cm³/mol. The molecule has 0 bridgehead atoms. The molecule has 11 heavy (non-hydrogen) atoms. The summed E-state index contributed by atoms with van der Waals surface area (Å²) in [6.45, 7) is 0. The van der Waals surface area contributed by atoms with Crippen molar-refractivity contribution in [3.05, 3.63) is 24.1 Å². The van der Waals surface area contributed by atoms with Crippen molar-refractivity contribution in [2.75, 3.05) is 4.72 Å². The molecule has 1 rings (SSSR count). The quantitative estimate of drug-likeness (QED) is 0.631. The summed E-state index contributed by atoms with van der Waals surface area (Å²) in [5, 5.41) is 0. The van der Waals surface area contributed by atoms with Crippen LogP contribution >= 0.6 is 0 Å². The van der Waals surface area contributed by atoms with Gasteiger partial charge in [-0.2, -0.15) is 0 Å². The summed E-state index contributed by atoms with van der Waals surface area (Å²) in [6, 6.07) is 2.36. The molecule has 0 radical (unpaired) electrons. The number of pyridine rings is 1. The molecule has 0 aromatic carbocycles. The largest absolute Gasteiger partial charge is 0.270 e. The third-order valence-electron chi connectivity index (χ3n) is 0.933. The lowest BCUT2D eigenvalue weighted by Crippen LogP contribution is -1.96. The van der Waals surface area contributed by atoms with E-state index in [9.17, 15) is 12.8 Å². The number of hydrogen-bond acceptors (Lipinski definition) is 3. The molecular formula is C5H5FN2O2S. The Bertz CT molecular complexity index is 301. The van der Waals surface area contributed by atoms with Gasteiger partial charge in [-0.25, -0.2) is 17.8 Å². The van der Waals surface area contributed by atoms with Crippen LogP contribution in [0.1, 0.15) is 0 Å². The highest BCUT2D eigenvalue weighted by atomic mass is 32.2. The number of anilines is 1. The first kappa shape index (κ1) is 7.93. The molecule has 0 amide bonds. The van der Waals surface area contributed by atoms with Crippen molar-refractivity contribution in [1.82, 2.24) is 4.98 Å². The van der Waals surface area contributed by atoms with E-state index in [1.165, 1.54) is 6.07 Å². The van der Waals surface area contributed by atoms with Gasteiger partial charge in [0.25, 0.3) is 0 Å². The molecule has 0 atom stereocenters. The fourth-order valence-electron chi connectivity index (χ4n) is 0.535. The zero-order valence-corrected chi connectivity index (χ0v) is 6.22. The van der Waals surface area contributed by atoms with Gasteiger partial charge >= 0.3 is 0 Å². The standard InChI is InChI=1S/C5H5FN2O2S/c6-4-1-2-5(7-3-4)8-11(9)10/h1-3,11H,(H,7,8,9,10). The van der Waals surface area contributed by atoms with E-state index in [2.05, 4.69) is 4.98 Å². The van der Waals surface area contributed by atoms with Gasteiger partial charge < -0.3 is 0 Å². The summed E-state index contributed by atoms with van der Waals surface area (Å²) >= 11 is 0. The van der Waals surface area contributed by atoms with Gasteiger partial charge in [-0.3, -0.25) is 4.72 Å². The van der Waals surface area contributed by atoms with Crippen LogP contribution in [-0.2, 0) is 10.9 Å². The average Bonchev–Trinajstić information content (AvgIpc) is 1.93. The van der Waals surface area contributed by atoms with E-state index in [0.717, 1.165) is 12.3 Å². The first-order valence-electron chi connectivity index (χ1n) is 2.71. The summed E-state index contributed by atoms with van der Waals surface area (Å²) < 4.78 is 34.3. The lowest BCUT2D eigenvalue weighted by atomic mass is 10.5. The maximum Gasteiger partial charge on any atom is 0.223 e. The van der Waals surface area contributed by atoms with Crippen molar-refractivity contribution in [2.45, 2.75) is 0 Å². The second-order valence-electron chi connectivity index (χ2n) is 1.73. The highest BCUT2D eigenvalue weighted by Crippen LogP contribution is 2.02. The number of nitrogens with zero attached hydrogens (tertiary/aromatic N) is 1. The summed E-state index contributed by atoms with van der Waals surface area (Å²) in [7, 11) is -2.72. The topological polar surface area (TPSA) is 59.1 Å². The van der Waals surface area contributed by atoms with Crippen LogP contribution in [0.2, 0.25) is 0 Å². The van der Waals surface area contributed by atoms with E-state index in [1.807, 2.05) is 4.72 Å². The third kappa shape index (κ3) is 2.50. The maximum absolute atomic E-state index is 12.2. The Balaban J connectivity index is 2.82. The first-order chi connectivity index (χ1) is 5.18. The maximum atomic E-state index is 12.2. The Morgan fingerprint density at radius 1 is 1.45 bits per heavy atom. The molecule has 1 heterocycles. The molecule has 4 nitrogen and oxygen atoms in total. The van der Waals surface area contributed by atoms with E-state index in [0.29, 0.717) is 0 Å². The number of nitrogens with one attached hydrogen (secondary N) is 1. The number of thiol groups is 1. The van der Waals surface area contributed by atoms with E-state index >= 15 is 0 Å². The average molecular weight is 176 g/mol. The monoisotopic (exact) mass is 176 g/mol. The van der Waals surface area contributed by atoms with Crippen LogP contribution < -0.4 is 4.72 Å². The van der Waals surface area contributed by atoms with Gasteiger partial charge in [0.15, 0.2) is 0 Å². The first-order valence-corrected chi connectivity index (χ1v) is 3.89. The summed E-state index contributed by atoms with van der Waals surface area (Å²) in [5.74, 6) is -0.390. The molecule has 0 aliphatic carbocycles. The smallest absolute Gasteiger partial charge is 0.223 e. The Morgan fingerprint density at radius 3 is 2.64 bits per heavy atom. The van der Waals surface area contributed by atoms with Crippen LogP contribution in [0.4, 0.5) is 10.2 Å². The van der Waals surface area contributed by atoms with Crippen molar-refractivity contribution < 1.29 is 12.8 Å². The lowest BCUT2D eigenvalue weighted by Gasteiger charge is -1.94. The van der Waals surface area contributed by atoms with Gasteiger partial charge in [0.1, 0.15) is 11.6 Å². The van der Waals surface area contributed by atoms with E-state index in [4.69, 9.17) is 0 Å². The second-order valence-corrected chi connectivity index (χ2v) is 2.47. The van der Waals surface area contributed by atoms with Gasteiger partial charge in [0.05, 0.1) is 6.20 Å². The van der Waals surface area contributed by atoms with Crippen LogP contribution in [0.25, 0.3) is 0 Å². The van der Waals surface area contributed by atoms with Gasteiger partial charge in [-0.15, -0.1) is 0 Å². The van der Waals surface area contributed by atoms with Gasteiger partial charge in [0.2, 0.25) is 10.9 Å². The fraction of sp³-hybridized carbons (Fsp3) is 0. The van der Waals surface area contributed by atoms with Gasteiger partial charge in [-0.05, 0) is 12.1 Å². The SMILES string of the molecule is O=[SH](=O)Nc1ccc(F)cn1. The molecule has 0 fully saturated rings. The molecule has 0 saturated heterocycles. The van der Waals surface area contributed by atoms with E-state index in [1.54, 1.807) is 0 Å². The van der Waals surface area contributed by atoms with E-state index in [-0.39, 0.29) is 5.82 Å². The van der Waals surface area contributed by atoms with Gasteiger partial charge in [0, 0.05) is 0 Å². The third-order valence-corrected chi connectivity index (χ3v) is 1.34. The lowest BCUT2D eigenvalue weighted by molar-refractivity contribution is 0.616. The molecular weight excluding hydrogens is 171 g/mol. The molecule has 1 aromatic rings. The Labute approximate surface area is 64.2 Å². The summed E-state index contributed by atoms with van der Waals surface area (Å²) in [5.41, 5.74) is 0. The highest BCUT2D eigenvalue weighted by molar-refractivity contribution is 7.73. The molecule has 6 heteroatoms. The molecule has 0 spiro atoms. The number of halogens is 1. The zero-order valence-electron chi connectivity index (χ0n) is 5.32. The number of rotatable bonds is 2. The molecule has 0 unspecified atom stereocenters. The minimum Gasteiger partial charge on any atom is -0.270 e. The predicted octanol–water partition coefficient (Wildman–Crippen LogP) is 0.159. The Kier molecular flexibility index (Phi) is 2.37. The van der Waals surface area contributed by atoms with Crippen LogP contribution in [-0.4, -0.2) is 13.4 Å². The molecule has 0 aliphatic rings. The van der Waals surface area contributed by atoms with Crippen molar-refractivity contribution in [3.8, 4) is 0 Å². The molecule has 60 valence electrons. The molecule has 1 aromatic heterocycles. The Morgan fingerprint density at radius 2 is 2.18 bits per heavy atom. The Hall–Kier alpha value is -1.17. The van der Waals surface area contributed by atoms with Crippen LogP contribution in [0, 0.1) is 5.82 Å². The van der Waals surface area contributed by atoms with Crippen molar-refractivity contribution in [1.29, 1.82) is 0 Å². The van der Waals surface area contributed by atoms with Crippen LogP contribution in [0.5, 0.6) is 0 Å². The van der Waals surface area contributed by atoms with Crippen LogP contribution in [0.15, 0.2) is 18.3 Å².